The Hall–Kier alpha value is -2.41. The van der Waals surface area contributed by atoms with Crippen molar-refractivity contribution in [2.24, 2.45) is 10.3 Å². The van der Waals surface area contributed by atoms with Crippen LogP contribution in [-0.2, 0) is 10.0 Å². The summed E-state index contributed by atoms with van der Waals surface area (Å²) in [4.78, 5) is 6.47. The van der Waals surface area contributed by atoms with E-state index in [4.69, 9.17) is 4.74 Å². The Morgan fingerprint density at radius 1 is 1.19 bits per heavy atom. The van der Waals surface area contributed by atoms with Crippen molar-refractivity contribution in [3.8, 4) is 5.75 Å². The van der Waals surface area contributed by atoms with Crippen molar-refractivity contribution in [3.63, 3.8) is 0 Å². The fourth-order valence-corrected chi connectivity index (χ4v) is 4.69. The highest BCUT2D eigenvalue weighted by Crippen LogP contribution is 2.30. The minimum atomic E-state index is -3.55. The van der Waals surface area contributed by atoms with Gasteiger partial charge in [-0.2, -0.15) is 8.42 Å². The van der Waals surface area contributed by atoms with Gasteiger partial charge in [0.05, 0.1) is 6.61 Å². The van der Waals surface area contributed by atoms with E-state index < -0.39 is 10.0 Å². The Labute approximate surface area is 153 Å². The predicted octanol–water partition coefficient (Wildman–Crippen LogP) is 2.63. The van der Waals surface area contributed by atoms with Crippen molar-refractivity contribution in [2.45, 2.75) is 24.7 Å². The highest BCUT2D eigenvalue weighted by Gasteiger charge is 2.33. The number of benzene rings is 1. The van der Waals surface area contributed by atoms with Crippen molar-refractivity contribution in [1.82, 2.24) is 9.88 Å². The van der Waals surface area contributed by atoms with E-state index in [2.05, 4.69) is 14.3 Å². The number of hydrogen-bond acceptors (Lipinski definition) is 5. The normalized spacial score (nSPS) is 19.1. The number of aromatic nitrogens is 1. The van der Waals surface area contributed by atoms with E-state index in [0.717, 1.165) is 42.8 Å². The molecule has 1 aromatic heterocycles. The minimum absolute atomic E-state index is 0.314. The van der Waals surface area contributed by atoms with E-state index >= 15 is 0 Å². The molecule has 0 amide bonds. The molecular formula is C19H21N3O3S. The molecule has 136 valence electrons. The molecule has 6 nitrogen and oxygen atoms in total. The number of rotatable bonds is 3. The second-order valence-corrected chi connectivity index (χ2v) is 8.34. The molecule has 4 rings (SSSR count). The zero-order valence-electron chi connectivity index (χ0n) is 14.6. The Kier molecular flexibility index (Phi) is 4.40. The Balaban J connectivity index is 1.40. The van der Waals surface area contributed by atoms with Crippen molar-refractivity contribution in [3.05, 3.63) is 53.9 Å². The van der Waals surface area contributed by atoms with E-state index in [1.165, 1.54) is 0 Å². The van der Waals surface area contributed by atoms with Gasteiger partial charge in [-0.05, 0) is 43.9 Å². The molecule has 26 heavy (non-hydrogen) atoms. The Morgan fingerprint density at radius 3 is 2.73 bits per heavy atom. The van der Waals surface area contributed by atoms with Gasteiger partial charge in [-0.25, -0.2) is 0 Å². The molecule has 3 heterocycles. The van der Waals surface area contributed by atoms with Gasteiger partial charge in [-0.1, -0.05) is 12.1 Å². The SMILES string of the molecule is Cc1cnccc1OCC1CCN(C2=NS(=O)(=O)c3ccccc32)CC1. The summed E-state index contributed by atoms with van der Waals surface area (Å²) in [5.74, 6) is 1.92. The molecule has 2 aliphatic rings. The van der Waals surface area contributed by atoms with Crippen LogP contribution in [0.2, 0.25) is 0 Å². The van der Waals surface area contributed by atoms with E-state index in [-0.39, 0.29) is 0 Å². The highest BCUT2D eigenvalue weighted by molar-refractivity contribution is 7.90. The molecule has 2 aromatic rings. The van der Waals surface area contributed by atoms with Gasteiger partial charge in [-0.3, -0.25) is 4.98 Å². The average Bonchev–Trinajstić information content (AvgIpc) is 2.93. The molecule has 0 saturated carbocycles. The fraction of sp³-hybridized carbons (Fsp3) is 0.368. The van der Waals surface area contributed by atoms with Crippen LogP contribution in [0.4, 0.5) is 0 Å². The lowest BCUT2D eigenvalue weighted by Crippen LogP contribution is -2.39. The Bertz CT molecular complexity index is 948. The minimum Gasteiger partial charge on any atom is -0.493 e. The zero-order chi connectivity index (χ0) is 18.1. The lowest BCUT2D eigenvalue weighted by atomic mass is 9.97. The molecule has 2 aliphatic heterocycles. The number of fused-ring (bicyclic) bond motifs is 1. The van der Waals surface area contributed by atoms with Crippen LogP contribution in [0.1, 0.15) is 24.0 Å². The monoisotopic (exact) mass is 371 g/mol. The smallest absolute Gasteiger partial charge is 0.285 e. The number of sulfonamides is 1. The molecule has 0 unspecified atom stereocenters. The molecule has 0 spiro atoms. The number of amidine groups is 1. The summed E-state index contributed by atoms with van der Waals surface area (Å²) in [6, 6.07) is 8.94. The summed E-state index contributed by atoms with van der Waals surface area (Å²) in [6.45, 7) is 4.22. The summed E-state index contributed by atoms with van der Waals surface area (Å²) < 4.78 is 34.4. The highest BCUT2D eigenvalue weighted by atomic mass is 32.2. The molecule has 7 heteroatoms. The third kappa shape index (κ3) is 3.19. The van der Waals surface area contributed by atoms with Crippen LogP contribution in [0.15, 0.2) is 52.0 Å². The summed E-state index contributed by atoms with van der Waals surface area (Å²) in [5, 5.41) is 0. The van der Waals surface area contributed by atoms with Gasteiger partial charge < -0.3 is 9.64 Å². The van der Waals surface area contributed by atoms with Crippen LogP contribution in [0.25, 0.3) is 0 Å². The fourth-order valence-electron chi connectivity index (χ4n) is 3.46. The number of pyridine rings is 1. The standard InChI is InChI=1S/C19H21N3O3S/c1-14-12-20-9-6-17(14)25-13-15-7-10-22(11-8-15)19-16-4-2-3-5-18(16)26(23,24)21-19/h2-6,9,12,15H,7-8,10-11,13H2,1H3. The van der Waals surface area contributed by atoms with Crippen LogP contribution in [0.3, 0.4) is 0 Å². The van der Waals surface area contributed by atoms with Crippen molar-refractivity contribution in [2.75, 3.05) is 19.7 Å². The van der Waals surface area contributed by atoms with Crippen LogP contribution >= 0.6 is 0 Å². The molecule has 1 aromatic carbocycles. The summed E-state index contributed by atoms with van der Waals surface area (Å²) in [7, 11) is -3.55. The lowest BCUT2D eigenvalue weighted by molar-refractivity contribution is 0.180. The van der Waals surface area contributed by atoms with Crippen molar-refractivity contribution >= 4 is 15.9 Å². The number of likely N-dealkylation sites (tertiary alicyclic amines) is 1. The third-order valence-corrected chi connectivity index (χ3v) is 6.30. The van der Waals surface area contributed by atoms with Crippen LogP contribution in [0, 0.1) is 12.8 Å². The zero-order valence-corrected chi connectivity index (χ0v) is 15.4. The first-order chi connectivity index (χ1) is 12.5. The third-order valence-electron chi connectivity index (χ3n) is 4.97. The van der Waals surface area contributed by atoms with Gasteiger partial charge in [0.1, 0.15) is 10.6 Å². The quantitative estimate of drug-likeness (QED) is 0.829. The van der Waals surface area contributed by atoms with Crippen LogP contribution in [-0.4, -0.2) is 43.8 Å². The average molecular weight is 371 g/mol. The molecule has 1 fully saturated rings. The van der Waals surface area contributed by atoms with E-state index in [9.17, 15) is 8.42 Å². The topological polar surface area (TPSA) is 71.9 Å². The van der Waals surface area contributed by atoms with Gasteiger partial charge in [0.25, 0.3) is 10.0 Å². The van der Waals surface area contributed by atoms with Crippen molar-refractivity contribution in [1.29, 1.82) is 0 Å². The van der Waals surface area contributed by atoms with Gasteiger partial charge in [-0.15, -0.1) is 4.40 Å². The molecule has 0 bridgehead atoms. The maximum atomic E-state index is 12.2. The van der Waals surface area contributed by atoms with Crippen LogP contribution in [0.5, 0.6) is 5.75 Å². The van der Waals surface area contributed by atoms with Gasteiger partial charge in [0.2, 0.25) is 0 Å². The molecule has 0 aliphatic carbocycles. The molecule has 1 saturated heterocycles. The molecule has 0 N–H and O–H groups in total. The first kappa shape index (κ1) is 17.0. The second-order valence-electron chi connectivity index (χ2n) is 6.77. The predicted molar refractivity (Wildman–Crippen MR) is 98.9 cm³/mol. The number of ether oxygens (including phenoxy) is 1. The molecule has 0 radical (unpaired) electrons. The van der Waals surface area contributed by atoms with Gasteiger partial charge in [0.15, 0.2) is 5.84 Å². The number of nitrogens with zero attached hydrogens (tertiary/aromatic N) is 3. The number of hydrogen-bond donors (Lipinski definition) is 0. The first-order valence-electron chi connectivity index (χ1n) is 8.77. The maximum Gasteiger partial charge on any atom is 0.285 e. The lowest BCUT2D eigenvalue weighted by Gasteiger charge is -2.33. The largest absolute Gasteiger partial charge is 0.493 e. The summed E-state index contributed by atoms with van der Waals surface area (Å²) >= 11 is 0. The number of aryl methyl sites for hydroxylation is 1. The van der Waals surface area contributed by atoms with Gasteiger partial charge in [0, 0.05) is 36.6 Å². The number of piperidine rings is 1. The van der Waals surface area contributed by atoms with Crippen LogP contribution < -0.4 is 4.74 Å². The van der Waals surface area contributed by atoms with E-state index in [0.29, 0.717) is 23.3 Å². The molecular weight excluding hydrogens is 350 g/mol. The maximum absolute atomic E-state index is 12.2. The summed E-state index contributed by atoms with van der Waals surface area (Å²) in [5.41, 5.74) is 1.75. The second kappa shape index (κ2) is 6.72. The van der Waals surface area contributed by atoms with E-state index in [1.54, 1.807) is 24.5 Å². The summed E-state index contributed by atoms with van der Waals surface area (Å²) in [6.07, 6.45) is 5.44. The van der Waals surface area contributed by atoms with E-state index in [1.807, 2.05) is 25.1 Å². The van der Waals surface area contributed by atoms with Gasteiger partial charge >= 0.3 is 0 Å². The Morgan fingerprint density at radius 2 is 1.96 bits per heavy atom. The first-order valence-corrected chi connectivity index (χ1v) is 10.2. The van der Waals surface area contributed by atoms with Crippen molar-refractivity contribution < 1.29 is 13.2 Å². The molecule has 0 atom stereocenters.